The first-order chi connectivity index (χ1) is 24.8. The second-order valence-electron chi connectivity index (χ2n) is 12.9. The number of fused-ring (bicyclic) bond motifs is 3. The first-order valence-corrected chi connectivity index (χ1v) is 17.7. The number of hydrogen-bond acceptors (Lipinski definition) is 10. The number of carbonyl (C=O) groups excluding carboxylic acids is 3. The minimum Gasteiger partial charge on any atom is -0.381 e. The number of benzene rings is 1. The number of thiophene rings is 1. The van der Waals surface area contributed by atoms with Crippen molar-refractivity contribution < 1.29 is 19.1 Å². The number of amides is 3. The molecule has 51 heavy (non-hydrogen) atoms. The molecule has 2 fully saturated rings. The molecule has 0 radical (unpaired) electrons. The van der Waals surface area contributed by atoms with Crippen LogP contribution in [0.2, 0.25) is 0 Å². The number of rotatable bonds is 9. The highest BCUT2D eigenvalue weighted by Gasteiger charge is 2.45. The first-order valence-electron chi connectivity index (χ1n) is 16.8. The Morgan fingerprint density at radius 1 is 1.08 bits per heavy atom. The summed E-state index contributed by atoms with van der Waals surface area (Å²) in [6.07, 6.45) is 10.8. The molecule has 3 aliphatic rings. The van der Waals surface area contributed by atoms with Gasteiger partial charge in [-0.25, -0.2) is 4.98 Å². The van der Waals surface area contributed by atoms with Gasteiger partial charge in [-0.15, -0.1) is 11.3 Å². The van der Waals surface area contributed by atoms with Gasteiger partial charge in [0.05, 0.1) is 21.0 Å². The van der Waals surface area contributed by atoms with E-state index >= 15 is 0 Å². The third-order valence-corrected chi connectivity index (χ3v) is 10.6. The number of hydrogen-bond donors (Lipinski definition) is 2. The van der Waals surface area contributed by atoms with Gasteiger partial charge in [0.15, 0.2) is 0 Å². The van der Waals surface area contributed by atoms with E-state index in [4.69, 9.17) is 4.74 Å². The summed E-state index contributed by atoms with van der Waals surface area (Å²) in [7, 11) is 0. The molecule has 0 atom stereocenters. The normalized spacial score (nSPS) is 16.3. The van der Waals surface area contributed by atoms with Crippen LogP contribution in [0.3, 0.4) is 0 Å². The van der Waals surface area contributed by atoms with Crippen molar-refractivity contribution in [1.29, 1.82) is 0 Å². The van der Waals surface area contributed by atoms with Gasteiger partial charge < -0.3 is 25.2 Å². The Labute approximate surface area is 300 Å². The lowest BCUT2D eigenvalue weighted by atomic mass is 9.73. The maximum absolute atomic E-state index is 14.0. The molecule has 3 aliphatic heterocycles. The van der Waals surface area contributed by atoms with Crippen LogP contribution in [-0.4, -0.2) is 80.1 Å². The van der Waals surface area contributed by atoms with Gasteiger partial charge in [-0.1, -0.05) is 0 Å². The number of pyridine rings is 2. The molecular weight excluding hydrogens is 665 g/mol. The number of nitrogens with zero attached hydrogens (tertiary/aromatic N) is 6. The molecule has 1 spiro atoms. The third-order valence-electron chi connectivity index (χ3n) is 9.43. The van der Waals surface area contributed by atoms with Gasteiger partial charge in [0.25, 0.3) is 17.7 Å². The summed E-state index contributed by atoms with van der Waals surface area (Å²) in [5.41, 5.74) is 5.01. The minimum absolute atomic E-state index is 0.127. The summed E-state index contributed by atoms with van der Waals surface area (Å²) < 4.78 is 5.56. The summed E-state index contributed by atoms with van der Waals surface area (Å²) >= 11 is 1.35. The van der Waals surface area contributed by atoms with E-state index in [0.29, 0.717) is 51.9 Å². The SMILES string of the molecule is C=N/C=C\C=N/CNC(=O)c1cc2c(s1)-c1ncccc1N(C(=O)c1ccc(NC(=O)c3cc(C)cnc3N3CC4(CCOCC4)C3)cc1)CC2. The van der Waals surface area contributed by atoms with E-state index in [2.05, 4.69) is 42.2 Å². The van der Waals surface area contributed by atoms with E-state index < -0.39 is 0 Å². The predicted octanol–water partition coefficient (Wildman–Crippen LogP) is 5.56. The third kappa shape index (κ3) is 7.21. The molecule has 2 N–H and O–H groups in total. The largest absolute Gasteiger partial charge is 0.381 e. The van der Waals surface area contributed by atoms with Crippen LogP contribution < -0.4 is 20.4 Å². The molecule has 0 saturated carbocycles. The number of allylic oxidation sites excluding steroid dienone is 1. The Kier molecular flexibility index (Phi) is 9.82. The highest BCUT2D eigenvalue weighted by atomic mass is 32.1. The van der Waals surface area contributed by atoms with Crippen molar-refractivity contribution in [3.8, 4) is 10.6 Å². The van der Waals surface area contributed by atoms with E-state index in [1.54, 1.807) is 59.9 Å². The van der Waals surface area contributed by atoms with Crippen LogP contribution in [-0.2, 0) is 11.2 Å². The summed E-state index contributed by atoms with van der Waals surface area (Å²) in [6, 6.07) is 14.4. The molecule has 6 heterocycles. The molecule has 0 aliphatic carbocycles. The average molecular weight is 703 g/mol. The van der Waals surface area contributed by atoms with Crippen LogP contribution in [0, 0.1) is 12.3 Å². The Bertz CT molecular complexity index is 2030. The second kappa shape index (κ2) is 14.8. The van der Waals surface area contributed by atoms with E-state index in [1.165, 1.54) is 17.5 Å². The van der Waals surface area contributed by atoms with E-state index in [1.807, 2.05) is 25.1 Å². The molecular formula is C38H38N8O4S. The summed E-state index contributed by atoms with van der Waals surface area (Å²) in [6.45, 7) is 9.12. The zero-order chi connectivity index (χ0) is 35.4. The molecule has 260 valence electrons. The Morgan fingerprint density at radius 3 is 2.67 bits per heavy atom. The molecule has 0 bridgehead atoms. The lowest BCUT2D eigenvalue weighted by molar-refractivity contribution is -0.000511. The van der Waals surface area contributed by atoms with Crippen LogP contribution in [0.5, 0.6) is 0 Å². The first kappa shape index (κ1) is 33.9. The summed E-state index contributed by atoms with van der Waals surface area (Å²) in [4.78, 5) is 62.7. The maximum atomic E-state index is 14.0. The smallest absolute Gasteiger partial charge is 0.262 e. The lowest BCUT2D eigenvalue weighted by Crippen LogP contribution is -2.59. The van der Waals surface area contributed by atoms with Crippen LogP contribution >= 0.6 is 11.3 Å². The number of carbonyl (C=O) groups is 3. The number of ether oxygens (including phenoxy) is 1. The van der Waals surface area contributed by atoms with Crippen molar-refractivity contribution in [2.45, 2.75) is 26.2 Å². The maximum Gasteiger partial charge on any atom is 0.262 e. The summed E-state index contributed by atoms with van der Waals surface area (Å²) in [5, 5.41) is 5.81. The van der Waals surface area contributed by atoms with Crippen LogP contribution in [0.1, 0.15) is 54.4 Å². The predicted molar refractivity (Wildman–Crippen MR) is 201 cm³/mol. The van der Waals surface area contributed by atoms with Crippen molar-refractivity contribution in [3.63, 3.8) is 0 Å². The van der Waals surface area contributed by atoms with Crippen molar-refractivity contribution in [3.05, 3.63) is 100 Å². The lowest BCUT2D eigenvalue weighted by Gasteiger charge is -2.53. The molecule has 4 aromatic rings. The van der Waals surface area contributed by atoms with Crippen molar-refractivity contribution >= 4 is 59.2 Å². The van der Waals surface area contributed by atoms with Crippen LogP contribution in [0.4, 0.5) is 17.2 Å². The second-order valence-corrected chi connectivity index (χ2v) is 14.0. The number of aromatic nitrogens is 2. The Hall–Kier alpha value is -5.53. The molecule has 7 rings (SSSR count). The molecule has 2 saturated heterocycles. The fourth-order valence-corrected chi connectivity index (χ4v) is 7.89. The summed E-state index contributed by atoms with van der Waals surface area (Å²) in [5.74, 6) is 0.0357. The standard InChI is InChI=1S/C38H38N8O4S/c1-25-19-29(34(42-21-25)45-22-38(23-45)11-17-50-18-12-38)35(47)44-28-8-6-26(7-9-28)37(49)46-16-10-27-20-31(36(48)43-24-40-14-4-13-39-2)51-33(27)32-30(46)5-3-15-41-32/h3-9,13-15,19-21H,2,10-12,16-18,22-24H2,1H3,(H,43,48)(H,44,47)/b13-4-,40-14-. The van der Waals surface area contributed by atoms with Gasteiger partial charge in [0, 0.05) is 74.3 Å². The molecule has 12 nitrogen and oxygen atoms in total. The van der Waals surface area contributed by atoms with E-state index in [-0.39, 0.29) is 29.8 Å². The van der Waals surface area contributed by atoms with Crippen molar-refractivity contribution in [2.75, 3.05) is 54.6 Å². The van der Waals surface area contributed by atoms with Gasteiger partial charge in [0.1, 0.15) is 18.2 Å². The molecule has 1 aromatic carbocycles. The van der Waals surface area contributed by atoms with Crippen LogP contribution in [0.15, 0.2) is 83.2 Å². The van der Waals surface area contributed by atoms with Crippen molar-refractivity contribution in [1.82, 2.24) is 15.3 Å². The number of anilines is 3. The topological polar surface area (TPSA) is 141 Å². The van der Waals surface area contributed by atoms with Gasteiger partial charge in [-0.2, -0.15) is 0 Å². The molecule has 3 aromatic heterocycles. The van der Waals surface area contributed by atoms with Gasteiger partial charge in [-0.05, 0) is 98.6 Å². The highest BCUT2D eigenvalue weighted by molar-refractivity contribution is 7.17. The highest BCUT2D eigenvalue weighted by Crippen LogP contribution is 2.43. The fraction of sp³-hybridized carbons (Fsp3) is 0.289. The zero-order valence-corrected chi connectivity index (χ0v) is 29.1. The van der Waals surface area contributed by atoms with Crippen molar-refractivity contribution in [2.24, 2.45) is 15.4 Å². The van der Waals surface area contributed by atoms with Crippen LogP contribution in [0.25, 0.3) is 10.6 Å². The van der Waals surface area contributed by atoms with Gasteiger partial charge in [-0.3, -0.25) is 29.4 Å². The van der Waals surface area contributed by atoms with Gasteiger partial charge in [0.2, 0.25) is 0 Å². The Morgan fingerprint density at radius 2 is 1.88 bits per heavy atom. The Balaban J connectivity index is 1.03. The molecule has 0 unspecified atom stereocenters. The zero-order valence-electron chi connectivity index (χ0n) is 28.3. The average Bonchev–Trinajstić information content (AvgIpc) is 3.50. The minimum atomic E-state index is -0.245. The number of aryl methyl sites for hydroxylation is 1. The monoisotopic (exact) mass is 702 g/mol. The number of aliphatic imine (C=N–C) groups is 2. The fourth-order valence-electron chi connectivity index (χ4n) is 6.76. The van der Waals surface area contributed by atoms with E-state index in [0.717, 1.165) is 55.1 Å². The van der Waals surface area contributed by atoms with Gasteiger partial charge >= 0.3 is 0 Å². The number of nitrogens with one attached hydrogen (secondary N) is 2. The molecule has 3 amide bonds. The quantitative estimate of drug-likeness (QED) is 0.218. The van der Waals surface area contributed by atoms with E-state index in [9.17, 15) is 14.4 Å². The molecule has 13 heteroatoms.